The zero-order valence-corrected chi connectivity index (χ0v) is 63.7. The van der Waals surface area contributed by atoms with Crippen LogP contribution in [0, 0.1) is 24.2 Å². The van der Waals surface area contributed by atoms with Gasteiger partial charge < -0.3 is 19.9 Å². The van der Waals surface area contributed by atoms with Gasteiger partial charge in [0.1, 0.15) is 0 Å². The van der Waals surface area contributed by atoms with E-state index in [1.165, 1.54) is 69.8 Å². The molecule has 14 aromatic rings. The molecule has 4 aliphatic rings. The summed E-state index contributed by atoms with van der Waals surface area (Å²) in [6, 6.07) is 94.0. The maximum absolute atomic E-state index is 5.87. The van der Waals surface area contributed by atoms with E-state index in [1.54, 1.807) is 0 Å². The number of aryl methyl sites for hydroxylation is 1. The molecule has 0 spiro atoms. The van der Waals surface area contributed by atoms with Crippen LogP contribution in [0.2, 0.25) is 0 Å². The van der Waals surface area contributed by atoms with Gasteiger partial charge in [-0.1, -0.05) is 251 Å². The molecule has 0 fully saturated rings. The number of aromatic nitrogens is 8. The highest BCUT2D eigenvalue weighted by Gasteiger charge is 2.23. The van der Waals surface area contributed by atoms with E-state index in [1.807, 2.05) is 24.3 Å². The first-order valence-corrected chi connectivity index (χ1v) is 40.1. The normalized spacial score (nSPS) is 12.0. The quantitative estimate of drug-likeness (QED) is 0.0297. The van der Waals surface area contributed by atoms with E-state index in [9.17, 15) is 0 Å². The molecule has 16 bridgehead atoms. The highest BCUT2D eigenvalue weighted by molar-refractivity contribution is 7.80. The lowest BCUT2D eigenvalue weighted by Crippen LogP contribution is -1.90. The summed E-state index contributed by atoms with van der Waals surface area (Å²) >= 11 is 4.38. The second-order valence-corrected chi connectivity index (χ2v) is 29.7. The average molecular weight is 1480 g/mol. The zero-order chi connectivity index (χ0) is 75.8. The average Bonchev–Trinajstić information content (AvgIpc) is 1.59. The molecule has 0 aliphatic carbocycles. The van der Waals surface area contributed by atoms with Crippen molar-refractivity contribution >= 4 is 105 Å². The van der Waals surface area contributed by atoms with E-state index in [-0.39, 0.29) is 0 Å². The smallest absolute Gasteiger partial charge is 0.0737 e. The topological polar surface area (TPSA) is 115 Å². The van der Waals surface area contributed by atoms with Crippen molar-refractivity contribution in [2.45, 2.75) is 70.6 Å². The van der Waals surface area contributed by atoms with Crippen LogP contribution in [-0.4, -0.2) is 45.6 Å². The van der Waals surface area contributed by atoms with E-state index < -0.39 is 0 Å². The van der Waals surface area contributed by atoms with Crippen LogP contribution in [0.3, 0.4) is 0 Å². The first kappa shape index (κ1) is 71.1. The van der Waals surface area contributed by atoms with Crippen LogP contribution in [-0.2, 0) is 6.42 Å². The Morgan fingerprint density at radius 1 is 0.230 bits per heavy atom. The summed E-state index contributed by atoms with van der Waals surface area (Å²) in [6.45, 7) is 0. The van der Waals surface area contributed by atoms with Crippen LogP contribution in [0.25, 0.3) is 182 Å². The van der Waals surface area contributed by atoms with Crippen LogP contribution in [0.4, 0.5) is 0 Å². The minimum atomic E-state index is 0.811. The van der Waals surface area contributed by atoms with Gasteiger partial charge in [0.05, 0.1) is 45.6 Å². The highest BCUT2D eigenvalue weighted by Crippen LogP contribution is 2.42. The van der Waals surface area contributed by atoms with Gasteiger partial charge in [-0.05, 0) is 209 Å². The van der Waals surface area contributed by atoms with Gasteiger partial charge in [0.15, 0.2) is 0 Å². The van der Waals surface area contributed by atoms with Gasteiger partial charge in [0, 0.05) is 105 Å². The molecule has 9 heteroatoms. The molecule has 8 nitrogen and oxygen atoms in total. The van der Waals surface area contributed by atoms with Crippen molar-refractivity contribution in [3.8, 4) is 113 Å². The maximum atomic E-state index is 5.87. The number of unbranched alkanes of at least 4 members (excludes halogenated alkanes) is 9. The molecule has 18 rings (SSSR count). The van der Waals surface area contributed by atoms with Gasteiger partial charge in [0.2, 0.25) is 0 Å². The Morgan fingerprint density at radius 2 is 0.442 bits per heavy atom. The van der Waals surface area contributed by atoms with Crippen LogP contribution in [0.1, 0.15) is 132 Å². The summed E-state index contributed by atoms with van der Waals surface area (Å²) in [5.74, 6) is 10.9. The van der Waals surface area contributed by atoms with E-state index in [0.717, 1.165) is 208 Å². The Morgan fingerprint density at radius 3 is 0.681 bits per heavy atom. The van der Waals surface area contributed by atoms with Crippen molar-refractivity contribution in [1.82, 2.24) is 39.9 Å². The number of rotatable bonds is 20. The second-order valence-electron chi connectivity index (χ2n) is 29.3. The van der Waals surface area contributed by atoms with Crippen molar-refractivity contribution in [3.63, 3.8) is 0 Å². The number of nitrogens with one attached hydrogen (secondary N) is 4. The van der Waals surface area contributed by atoms with Crippen molar-refractivity contribution in [1.29, 1.82) is 0 Å². The lowest BCUT2D eigenvalue weighted by Gasteiger charge is -2.08. The molecule has 113 heavy (non-hydrogen) atoms. The van der Waals surface area contributed by atoms with Gasteiger partial charge in [0.25, 0.3) is 0 Å². The summed E-state index contributed by atoms with van der Waals surface area (Å²) < 4.78 is 0. The third-order valence-corrected chi connectivity index (χ3v) is 22.2. The number of hydrogen-bond donors (Lipinski definition) is 5. The van der Waals surface area contributed by atoms with Crippen molar-refractivity contribution < 1.29 is 0 Å². The predicted molar refractivity (Wildman–Crippen MR) is 479 cm³/mol. The number of H-pyrrole nitrogens is 4. The third-order valence-electron chi connectivity index (χ3n) is 21.9. The monoisotopic (exact) mass is 1470 g/mol. The fraction of sp³-hybridized carbons (Fsp3) is 0.115. The van der Waals surface area contributed by atoms with Crippen molar-refractivity contribution in [2.24, 2.45) is 0 Å². The Hall–Kier alpha value is -13.6. The van der Waals surface area contributed by atoms with Crippen molar-refractivity contribution in [3.05, 3.63) is 335 Å². The molecule has 0 saturated heterocycles. The summed E-state index contributed by atoms with van der Waals surface area (Å²) in [5.41, 5.74) is 34.4. The van der Waals surface area contributed by atoms with E-state index in [2.05, 4.69) is 342 Å². The largest absolute Gasteiger partial charge is 0.354 e. The molecule has 4 N–H and O–H groups in total. The van der Waals surface area contributed by atoms with E-state index in [4.69, 9.17) is 26.4 Å². The lowest BCUT2D eigenvalue weighted by atomic mass is 9.99. The second kappa shape index (κ2) is 32.5. The summed E-state index contributed by atoms with van der Waals surface area (Å²) in [4.78, 5) is 37.9. The van der Waals surface area contributed by atoms with Gasteiger partial charge in [-0.15, -0.1) is 6.42 Å². The van der Waals surface area contributed by atoms with Crippen LogP contribution in [0.15, 0.2) is 267 Å². The molecular formula is C104H82N8S. The van der Waals surface area contributed by atoms with Gasteiger partial charge in [-0.3, -0.25) is 0 Å². The van der Waals surface area contributed by atoms with Crippen LogP contribution in [0.5, 0.6) is 0 Å². The molecule has 8 aromatic carbocycles. The Balaban J connectivity index is 0.709. The van der Waals surface area contributed by atoms with Crippen LogP contribution < -0.4 is 0 Å². The summed E-state index contributed by atoms with van der Waals surface area (Å²) in [6.07, 6.45) is 37.2. The number of hydrogen-bond acceptors (Lipinski definition) is 5. The molecule has 0 amide bonds. The number of fused-ring (bicyclic) bond motifs is 16. The molecule has 0 radical (unpaired) electrons. The Labute approximate surface area is 665 Å². The predicted octanol–water partition coefficient (Wildman–Crippen LogP) is 26.7. The van der Waals surface area contributed by atoms with Gasteiger partial charge >= 0.3 is 0 Å². The molecule has 544 valence electrons. The highest BCUT2D eigenvalue weighted by atomic mass is 32.1. The zero-order valence-electron chi connectivity index (χ0n) is 62.8. The molecule has 10 heterocycles. The molecule has 0 atom stereocenters. The lowest BCUT2D eigenvalue weighted by molar-refractivity contribution is 0.557. The minimum absolute atomic E-state index is 0.811. The molecule has 6 aromatic heterocycles. The number of thiol groups is 1. The molecule has 4 aliphatic heterocycles. The number of benzene rings is 8. The van der Waals surface area contributed by atoms with Crippen molar-refractivity contribution in [2.75, 3.05) is 5.75 Å². The van der Waals surface area contributed by atoms with Gasteiger partial charge in [-0.2, -0.15) is 12.6 Å². The summed E-state index contributed by atoms with van der Waals surface area (Å²) in [7, 11) is 0. The van der Waals surface area contributed by atoms with Gasteiger partial charge in [-0.25, -0.2) is 19.9 Å². The Bertz CT molecular complexity index is 6440. The SMILES string of the molecule is C#Cc1ccc(-c2c3nc(c(-c4ccccc4)c4ccc([nH]4)c(-c4ccc(C#Cc5ccc(-c6c7nc(c(-c8ccccc8)c8ccc([nH]8)c(-c8ccc(CCCCCCCCCCCCS)cc8)c8nc(c(-c9ccccc9)c9ccc6[nH]9)C=C8)C=C7)cc5)cc4)c4nc(c(-c5ccccc5)c5ccc2[nH]5)C=C4)C=C3)cc1. The van der Waals surface area contributed by atoms with E-state index >= 15 is 0 Å². The number of terminal acetylenes is 1. The van der Waals surface area contributed by atoms with Crippen LogP contribution >= 0.6 is 12.6 Å². The number of aromatic amines is 4. The molecule has 0 saturated carbocycles. The first-order valence-electron chi connectivity index (χ1n) is 39.5. The fourth-order valence-corrected chi connectivity index (χ4v) is 16.5. The third kappa shape index (κ3) is 15.1. The number of nitrogens with zero attached hydrogens (tertiary/aromatic N) is 4. The standard InChI is InChI=1S/C104H82N8S/c1-2-69-36-44-77(45-37-69)101-89-60-52-81(105-89)97(73-26-16-11-17-27-73)85-56-64-93(109-85)103(94-65-57-86(110-94)98(74-28-18-12-19-29-74)82-53-61-90(101)106-82)79-48-40-71(41-49-79)34-35-72-42-50-80(51-43-72)104-95-66-58-87(111-95)99(75-30-20-13-21-31-75)83-54-62-91(107-83)102(78-46-38-70(39-47-78)25-15-9-7-5-3-4-6-8-10-24-68-113)92-63-55-84(108-92)100(76-32-22-14-23-33-76)88-59-67-96(104)112-88/h1,11-14,16-23,26-33,36-67,105,107,110,112-113H,3-10,15,24-25,68H2. The first-order chi connectivity index (χ1) is 55.9. The van der Waals surface area contributed by atoms with E-state index in [0.29, 0.717) is 0 Å². The fourth-order valence-electron chi connectivity index (χ4n) is 16.3. The molecular weight excluding hydrogens is 1390 g/mol. The molecule has 0 unspecified atom stereocenters. The summed E-state index contributed by atoms with van der Waals surface area (Å²) in [5, 5.41) is 0. The maximum Gasteiger partial charge on any atom is 0.0737 e. The minimum Gasteiger partial charge on any atom is -0.354 e. The Kier molecular flexibility index (Phi) is 20.5.